The van der Waals surface area contributed by atoms with Gasteiger partial charge in [0.2, 0.25) is 21.8 Å². The maximum atomic E-state index is 13.9. The molecular formula is C29H24N4O8S3. The van der Waals surface area contributed by atoms with Crippen LogP contribution in [0.25, 0.3) is 0 Å². The number of nitrogens with two attached hydrogens (primary N) is 1. The monoisotopic (exact) mass is 652 g/mol. The number of hydrogen-bond acceptors (Lipinski definition) is 10. The standard InChI is InChI=1S/C29H24N4O8S3/c1-40-18-9-7-17(8-10-18)33-27(35)23-22(24-26(32-29(37)43-24)42-25(23)28(33)36)15-3-2-4-19(13-15)41-14-21(34)31-16-5-11-20(12-6-16)44(30,38)39/h2-13,22-23,25H,14H2,1H3,(H,31,34)(H,32,37)(H2,30,38,39). The lowest BCUT2D eigenvalue weighted by atomic mass is 9.83. The topological polar surface area (TPSA) is 178 Å². The Morgan fingerprint density at radius 2 is 1.73 bits per heavy atom. The number of amides is 3. The fourth-order valence-corrected chi connectivity index (χ4v) is 8.26. The number of rotatable bonds is 8. The molecule has 2 aliphatic heterocycles. The number of hydrogen-bond donors (Lipinski definition) is 3. The van der Waals surface area contributed by atoms with Crippen LogP contribution in [0.2, 0.25) is 0 Å². The zero-order valence-corrected chi connectivity index (χ0v) is 25.3. The SMILES string of the molecule is COc1ccc(N2C(=O)C3Sc4[nH]c(=O)sc4C(c4cccc(OCC(=O)Nc5ccc(S(N)(=O)=O)cc5)c4)C3C2=O)cc1. The first-order chi connectivity index (χ1) is 21.0. The predicted octanol–water partition coefficient (Wildman–Crippen LogP) is 2.91. The number of anilines is 2. The van der Waals surface area contributed by atoms with Crippen LogP contribution in [-0.4, -0.2) is 50.1 Å². The summed E-state index contributed by atoms with van der Waals surface area (Å²) in [6.07, 6.45) is 0. The smallest absolute Gasteiger partial charge is 0.305 e. The van der Waals surface area contributed by atoms with E-state index < -0.39 is 33.0 Å². The molecule has 6 rings (SSSR count). The Kier molecular flexibility index (Phi) is 7.79. The first-order valence-electron chi connectivity index (χ1n) is 13.1. The molecule has 1 aromatic heterocycles. The van der Waals surface area contributed by atoms with Gasteiger partial charge in [-0.3, -0.25) is 19.2 Å². The number of carbonyl (C=O) groups excluding carboxylic acids is 3. The molecule has 0 saturated carbocycles. The van der Waals surface area contributed by atoms with Gasteiger partial charge < -0.3 is 19.8 Å². The normalized spacial score (nSPS) is 19.3. The summed E-state index contributed by atoms with van der Waals surface area (Å²) in [5.74, 6) is -1.73. The zero-order chi connectivity index (χ0) is 31.2. The van der Waals surface area contributed by atoms with Gasteiger partial charge in [-0.2, -0.15) is 0 Å². The predicted molar refractivity (Wildman–Crippen MR) is 164 cm³/mol. The van der Waals surface area contributed by atoms with E-state index in [1.807, 2.05) is 0 Å². The summed E-state index contributed by atoms with van der Waals surface area (Å²) >= 11 is 2.17. The molecule has 0 spiro atoms. The molecule has 0 radical (unpaired) electrons. The Labute approximate surface area is 259 Å². The summed E-state index contributed by atoms with van der Waals surface area (Å²) in [6, 6.07) is 18.9. The molecule has 0 bridgehead atoms. The number of imide groups is 1. The van der Waals surface area contributed by atoms with Gasteiger partial charge in [-0.05, 0) is 66.2 Å². The van der Waals surface area contributed by atoms with E-state index >= 15 is 0 Å². The average Bonchev–Trinajstić information content (AvgIpc) is 3.50. The molecule has 3 aromatic carbocycles. The third-order valence-electron chi connectivity index (χ3n) is 7.21. The molecule has 44 heavy (non-hydrogen) atoms. The molecule has 12 nitrogen and oxygen atoms in total. The van der Waals surface area contributed by atoms with Crippen molar-refractivity contribution in [3.05, 3.63) is 92.9 Å². The van der Waals surface area contributed by atoms with Crippen molar-refractivity contribution in [2.24, 2.45) is 11.1 Å². The van der Waals surface area contributed by atoms with E-state index in [0.29, 0.717) is 38.3 Å². The molecule has 1 saturated heterocycles. The lowest BCUT2D eigenvalue weighted by molar-refractivity contribution is -0.122. The van der Waals surface area contributed by atoms with E-state index in [-0.39, 0.29) is 28.2 Å². The van der Waals surface area contributed by atoms with Crippen molar-refractivity contribution < 1.29 is 32.3 Å². The molecule has 3 unspecified atom stereocenters. The minimum Gasteiger partial charge on any atom is -0.497 e. The van der Waals surface area contributed by atoms with Gasteiger partial charge in [-0.15, -0.1) is 0 Å². The molecule has 0 aliphatic carbocycles. The van der Waals surface area contributed by atoms with E-state index in [9.17, 15) is 27.6 Å². The largest absolute Gasteiger partial charge is 0.497 e. The molecule has 2 aliphatic rings. The summed E-state index contributed by atoms with van der Waals surface area (Å²) in [5, 5.41) is 7.51. The van der Waals surface area contributed by atoms with E-state index in [1.165, 1.54) is 48.0 Å². The maximum Gasteiger partial charge on any atom is 0.305 e. The third kappa shape index (κ3) is 5.61. The number of thiazole rings is 1. The van der Waals surface area contributed by atoms with Crippen molar-refractivity contribution in [2.45, 2.75) is 21.1 Å². The highest BCUT2D eigenvalue weighted by atomic mass is 32.2. The molecule has 3 heterocycles. The zero-order valence-electron chi connectivity index (χ0n) is 22.9. The second-order valence-corrected chi connectivity index (χ2v) is 13.7. The second kappa shape index (κ2) is 11.6. The van der Waals surface area contributed by atoms with Crippen molar-refractivity contribution in [1.82, 2.24) is 4.98 Å². The molecule has 3 atom stereocenters. The van der Waals surface area contributed by atoms with Crippen LogP contribution in [0.15, 0.2) is 87.5 Å². The number of nitrogens with one attached hydrogen (secondary N) is 2. The van der Waals surface area contributed by atoms with Gasteiger partial charge in [0.05, 0.1) is 28.6 Å². The lowest BCUT2D eigenvalue weighted by Crippen LogP contribution is -2.32. The first kappa shape index (κ1) is 29.6. The summed E-state index contributed by atoms with van der Waals surface area (Å²) in [5.41, 5.74) is 1.42. The number of aromatic nitrogens is 1. The highest BCUT2D eigenvalue weighted by Crippen LogP contribution is 2.53. The van der Waals surface area contributed by atoms with E-state index in [1.54, 1.807) is 48.5 Å². The summed E-state index contributed by atoms with van der Waals surface area (Å²) in [7, 11) is -2.34. The van der Waals surface area contributed by atoms with E-state index in [4.69, 9.17) is 14.6 Å². The van der Waals surface area contributed by atoms with Gasteiger partial charge in [-0.25, -0.2) is 18.5 Å². The van der Waals surface area contributed by atoms with E-state index in [0.717, 1.165) is 11.3 Å². The Hall–Kier alpha value is -4.44. The highest BCUT2D eigenvalue weighted by Gasteiger charge is 2.56. The highest BCUT2D eigenvalue weighted by molar-refractivity contribution is 8.00. The number of benzene rings is 3. The van der Waals surface area contributed by atoms with Crippen molar-refractivity contribution in [3.63, 3.8) is 0 Å². The molecule has 15 heteroatoms. The van der Waals surface area contributed by atoms with Gasteiger partial charge in [-0.1, -0.05) is 35.2 Å². The van der Waals surface area contributed by atoms with Gasteiger partial charge in [0, 0.05) is 16.5 Å². The number of ether oxygens (including phenoxy) is 2. The molecule has 4 aromatic rings. The Bertz CT molecular complexity index is 1940. The van der Waals surface area contributed by atoms with Crippen LogP contribution in [0.3, 0.4) is 0 Å². The van der Waals surface area contributed by atoms with Crippen LogP contribution in [0.1, 0.15) is 16.4 Å². The second-order valence-electron chi connectivity index (χ2n) is 9.94. The fourth-order valence-electron chi connectivity index (χ4n) is 5.23. The molecule has 4 N–H and O–H groups in total. The first-order valence-corrected chi connectivity index (χ1v) is 16.3. The van der Waals surface area contributed by atoms with Crippen LogP contribution in [-0.2, 0) is 24.4 Å². The minimum atomic E-state index is -3.86. The summed E-state index contributed by atoms with van der Waals surface area (Å²) in [4.78, 5) is 56.7. The van der Waals surface area contributed by atoms with Crippen molar-refractivity contribution >= 4 is 62.2 Å². The van der Waals surface area contributed by atoms with Gasteiger partial charge in [0.15, 0.2) is 6.61 Å². The average molecular weight is 653 g/mol. The van der Waals surface area contributed by atoms with Crippen molar-refractivity contribution in [2.75, 3.05) is 23.9 Å². The number of carbonyl (C=O) groups is 3. The molecule has 1 fully saturated rings. The van der Waals surface area contributed by atoms with Gasteiger partial charge >= 0.3 is 4.87 Å². The maximum absolute atomic E-state index is 13.9. The Morgan fingerprint density at radius 3 is 2.41 bits per heavy atom. The Morgan fingerprint density at radius 1 is 1.00 bits per heavy atom. The number of primary sulfonamides is 1. The van der Waals surface area contributed by atoms with E-state index in [2.05, 4.69) is 10.3 Å². The number of nitrogens with zero attached hydrogens (tertiary/aromatic N) is 1. The van der Waals surface area contributed by atoms with Crippen LogP contribution in [0, 0.1) is 5.92 Å². The number of H-pyrrole nitrogens is 1. The molecule has 3 amide bonds. The minimum absolute atomic E-state index is 0.0860. The van der Waals surface area contributed by atoms with Crippen LogP contribution in [0.5, 0.6) is 11.5 Å². The number of sulfonamides is 1. The number of methoxy groups -OCH3 is 1. The van der Waals surface area contributed by atoms with Gasteiger partial charge in [0.1, 0.15) is 16.7 Å². The van der Waals surface area contributed by atoms with Gasteiger partial charge in [0.25, 0.3) is 5.91 Å². The van der Waals surface area contributed by atoms with Crippen LogP contribution in [0.4, 0.5) is 11.4 Å². The summed E-state index contributed by atoms with van der Waals surface area (Å²) < 4.78 is 33.8. The third-order valence-corrected chi connectivity index (χ3v) is 10.5. The number of fused-ring (bicyclic) bond motifs is 2. The van der Waals surface area contributed by atoms with Crippen molar-refractivity contribution in [1.29, 1.82) is 0 Å². The number of thioether (sulfide) groups is 1. The van der Waals surface area contributed by atoms with Crippen LogP contribution >= 0.6 is 23.1 Å². The van der Waals surface area contributed by atoms with Crippen molar-refractivity contribution in [3.8, 4) is 11.5 Å². The number of aromatic amines is 1. The quantitative estimate of drug-likeness (QED) is 0.242. The summed E-state index contributed by atoms with van der Waals surface area (Å²) in [6.45, 7) is -0.363. The fraction of sp³-hybridized carbons (Fsp3) is 0.172. The molecule has 226 valence electrons. The van der Waals surface area contributed by atoms with Crippen LogP contribution < -0.4 is 29.7 Å². The lowest BCUT2D eigenvalue weighted by Gasteiger charge is -2.30. The Balaban J connectivity index is 1.24. The molecular weight excluding hydrogens is 629 g/mol.